The van der Waals surface area contributed by atoms with Crippen molar-refractivity contribution in [1.82, 2.24) is 14.9 Å². The summed E-state index contributed by atoms with van der Waals surface area (Å²) < 4.78 is 19.4. The lowest BCUT2D eigenvalue weighted by Gasteiger charge is -2.26. The van der Waals surface area contributed by atoms with Gasteiger partial charge < -0.3 is 24.1 Å². The van der Waals surface area contributed by atoms with Gasteiger partial charge in [-0.3, -0.25) is 4.79 Å². The Bertz CT molecular complexity index is 1220. The Hall–Kier alpha value is -4.00. The molecule has 1 atom stereocenters. The van der Waals surface area contributed by atoms with E-state index < -0.39 is 0 Å². The number of hydrogen-bond donors (Lipinski definition) is 1. The molecule has 2 heterocycles. The smallest absolute Gasteiger partial charge is 0.240 e. The van der Waals surface area contributed by atoms with Crippen molar-refractivity contribution >= 4 is 16.9 Å². The molecule has 4 aromatic rings. The SMILES string of the molecule is O=C(Cn1c(COc2ccccc2)nc2ccccc21)NCC1COc2ccccc2O1. The molecule has 1 aromatic heterocycles. The Morgan fingerprint density at radius 2 is 1.75 bits per heavy atom. The molecule has 162 valence electrons. The Morgan fingerprint density at radius 3 is 2.62 bits per heavy atom. The summed E-state index contributed by atoms with van der Waals surface area (Å²) in [4.78, 5) is 17.4. The van der Waals surface area contributed by atoms with Crippen molar-refractivity contribution in [3.8, 4) is 17.2 Å². The maximum Gasteiger partial charge on any atom is 0.240 e. The van der Waals surface area contributed by atoms with E-state index >= 15 is 0 Å². The predicted octanol–water partition coefficient (Wildman–Crippen LogP) is 3.57. The lowest BCUT2D eigenvalue weighted by atomic mass is 10.2. The normalized spacial score (nSPS) is 14.8. The number of fused-ring (bicyclic) bond motifs is 2. The summed E-state index contributed by atoms with van der Waals surface area (Å²) in [6.45, 7) is 1.15. The van der Waals surface area contributed by atoms with E-state index in [1.807, 2.05) is 83.4 Å². The molecule has 0 bridgehead atoms. The zero-order chi connectivity index (χ0) is 21.8. The number of benzene rings is 3. The second-order valence-electron chi connectivity index (χ2n) is 7.51. The molecular formula is C25H23N3O4. The molecule has 7 nitrogen and oxygen atoms in total. The van der Waals surface area contributed by atoms with Crippen LogP contribution in [0, 0.1) is 0 Å². The van der Waals surface area contributed by atoms with Crippen LogP contribution in [0.4, 0.5) is 0 Å². The first-order valence-corrected chi connectivity index (χ1v) is 10.5. The van der Waals surface area contributed by atoms with Gasteiger partial charge in [0.2, 0.25) is 5.91 Å². The summed E-state index contributed by atoms with van der Waals surface area (Å²) >= 11 is 0. The highest BCUT2D eigenvalue weighted by atomic mass is 16.6. The molecule has 1 aliphatic rings. The van der Waals surface area contributed by atoms with Gasteiger partial charge in [-0.2, -0.15) is 0 Å². The third-order valence-corrected chi connectivity index (χ3v) is 5.24. The Morgan fingerprint density at radius 1 is 1.00 bits per heavy atom. The van der Waals surface area contributed by atoms with Gasteiger partial charge in [-0.1, -0.05) is 42.5 Å². The third kappa shape index (κ3) is 4.37. The van der Waals surface area contributed by atoms with Crippen LogP contribution in [-0.4, -0.2) is 34.7 Å². The number of rotatable bonds is 7. The van der Waals surface area contributed by atoms with E-state index in [-0.39, 0.29) is 25.2 Å². The van der Waals surface area contributed by atoms with Crippen molar-refractivity contribution < 1.29 is 19.0 Å². The molecule has 1 amide bonds. The number of aromatic nitrogens is 2. The number of imidazole rings is 1. The van der Waals surface area contributed by atoms with E-state index in [0.29, 0.717) is 24.7 Å². The van der Waals surface area contributed by atoms with E-state index in [4.69, 9.17) is 14.2 Å². The van der Waals surface area contributed by atoms with Crippen LogP contribution in [0.2, 0.25) is 0 Å². The van der Waals surface area contributed by atoms with Crippen LogP contribution in [0.25, 0.3) is 11.0 Å². The summed E-state index contributed by atoms with van der Waals surface area (Å²) in [6, 6.07) is 24.8. The monoisotopic (exact) mass is 429 g/mol. The van der Waals surface area contributed by atoms with E-state index in [1.165, 1.54) is 0 Å². The van der Waals surface area contributed by atoms with Crippen LogP contribution in [0.1, 0.15) is 5.82 Å². The zero-order valence-electron chi connectivity index (χ0n) is 17.4. The lowest BCUT2D eigenvalue weighted by molar-refractivity contribution is -0.122. The highest BCUT2D eigenvalue weighted by Crippen LogP contribution is 2.30. The van der Waals surface area contributed by atoms with Gasteiger partial charge in [-0.15, -0.1) is 0 Å². The maximum absolute atomic E-state index is 12.8. The standard InChI is InChI=1S/C25H23N3O4/c29-25(26-14-19-16-31-22-12-6-7-13-23(22)32-19)15-28-21-11-5-4-10-20(21)27-24(28)17-30-18-8-2-1-3-9-18/h1-13,19H,14-17H2,(H,26,29). The quantitative estimate of drug-likeness (QED) is 0.486. The van der Waals surface area contributed by atoms with Crippen LogP contribution in [0.15, 0.2) is 78.9 Å². The van der Waals surface area contributed by atoms with Gasteiger partial charge >= 0.3 is 0 Å². The molecular weight excluding hydrogens is 406 g/mol. The largest absolute Gasteiger partial charge is 0.486 e. The van der Waals surface area contributed by atoms with Gasteiger partial charge in [0.15, 0.2) is 11.5 Å². The highest BCUT2D eigenvalue weighted by Gasteiger charge is 2.21. The van der Waals surface area contributed by atoms with Crippen molar-refractivity contribution in [3.63, 3.8) is 0 Å². The first-order chi connectivity index (χ1) is 15.8. The number of amides is 1. The summed E-state index contributed by atoms with van der Waals surface area (Å²) in [5.74, 6) is 2.74. The van der Waals surface area contributed by atoms with Crippen molar-refractivity contribution in [2.75, 3.05) is 13.2 Å². The minimum absolute atomic E-state index is 0.128. The molecule has 3 aromatic carbocycles. The van der Waals surface area contributed by atoms with Gasteiger partial charge in [0.05, 0.1) is 17.6 Å². The lowest BCUT2D eigenvalue weighted by Crippen LogP contribution is -2.41. The van der Waals surface area contributed by atoms with Gasteiger partial charge in [-0.25, -0.2) is 4.98 Å². The third-order valence-electron chi connectivity index (χ3n) is 5.24. The van der Waals surface area contributed by atoms with E-state index in [0.717, 1.165) is 22.5 Å². The van der Waals surface area contributed by atoms with Gasteiger partial charge in [-0.05, 0) is 36.4 Å². The Balaban J connectivity index is 1.25. The van der Waals surface area contributed by atoms with Crippen LogP contribution < -0.4 is 19.5 Å². The average Bonchev–Trinajstić information content (AvgIpc) is 3.19. The van der Waals surface area contributed by atoms with Crippen LogP contribution in [-0.2, 0) is 17.9 Å². The first-order valence-electron chi connectivity index (χ1n) is 10.5. The molecule has 0 spiro atoms. The molecule has 1 aliphatic heterocycles. The fourth-order valence-electron chi connectivity index (χ4n) is 3.67. The number of ether oxygens (including phenoxy) is 3. The molecule has 0 saturated carbocycles. The topological polar surface area (TPSA) is 74.6 Å². The Kier molecular flexibility index (Phi) is 5.61. The van der Waals surface area contributed by atoms with E-state index in [1.54, 1.807) is 0 Å². The van der Waals surface area contributed by atoms with Crippen LogP contribution in [0.3, 0.4) is 0 Å². The van der Waals surface area contributed by atoms with Crippen molar-refractivity contribution in [2.24, 2.45) is 0 Å². The summed E-state index contributed by atoms with van der Waals surface area (Å²) in [6.07, 6.45) is -0.241. The molecule has 1 N–H and O–H groups in total. The summed E-state index contributed by atoms with van der Waals surface area (Å²) in [7, 11) is 0. The highest BCUT2D eigenvalue weighted by molar-refractivity contribution is 5.81. The fourth-order valence-corrected chi connectivity index (χ4v) is 3.67. The van der Waals surface area contributed by atoms with Crippen molar-refractivity contribution in [3.05, 3.63) is 84.7 Å². The van der Waals surface area contributed by atoms with Crippen LogP contribution in [0.5, 0.6) is 17.2 Å². The van der Waals surface area contributed by atoms with Gasteiger partial charge in [0.1, 0.15) is 37.4 Å². The maximum atomic E-state index is 12.8. The second kappa shape index (κ2) is 9.01. The molecule has 0 radical (unpaired) electrons. The van der Waals surface area contributed by atoms with Crippen LogP contribution >= 0.6 is 0 Å². The number of nitrogens with one attached hydrogen (secondary N) is 1. The van der Waals surface area contributed by atoms with E-state index in [9.17, 15) is 4.79 Å². The second-order valence-corrected chi connectivity index (χ2v) is 7.51. The molecule has 32 heavy (non-hydrogen) atoms. The zero-order valence-corrected chi connectivity index (χ0v) is 17.4. The number of carbonyl (C=O) groups is 1. The van der Waals surface area contributed by atoms with E-state index in [2.05, 4.69) is 10.3 Å². The van der Waals surface area contributed by atoms with Gasteiger partial charge in [0, 0.05) is 0 Å². The molecule has 0 fully saturated rings. The summed E-state index contributed by atoms with van der Waals surface area (Å²) in [5, 5.41) is 2.95. The molecule has 0 aliphatic carbocycles. The van der Waals surface area contributed by atoms with Gasteiger partial charge in [0.25, 0.3) is 0 Å². The fraction of sp³-hybridized carbons (Fsp3) is 0.200. The molecule has 0 saturated heterocycles. The number of hydrogen-bond acceptors (Lipinski definition) is 5. The first kappa shape index (κ1) is 19.9. The molecule has 1 unspecified atom stereocenters. The number of nitrogens with zero attached hydrogens (tertiary/aromatic N) is 2. The number of para-hydroxylation sites is 5. The Labute approximate surface area is 185 Å². The minimum Gasteiger partial charge on any atom is -0.486 e. The van der Waals surface area contributed by atoms with Crippen molar-refractivity contribution in [2.45, 2.75) is 19.3 Å². The number of carbonyl (C=O) groups excluding carboxylic acids is 1. The predicted molar refractivity (Wildman–Crippen MR) is 120 cm³/mol. The average molecular weight is 429 g/mol. The molecule has 7 heteroatoms. The molecule has 5 rings (SSSR count). The van der Waals surface area contributed by atoms with Crippen molar-refractivity contribution in [1.29, 1.82) is 0 Å². The minimum atomic E-state index is -0.241. The summed E-state index contributed by atoms with van der Waals surface area (Å²) in [5.41, 5.74) is 1.72.